The monoisotopic (exact) mass is 361 g/mol. The zero-order chi connectivity index (χ0) is 18.0. The summed E-state index contributed by atoms with van der Waals surface area (Å²) in [6.45, 7) is 5.64. The maximum absolute atomic E-state index is 12.8. The van der Waals surface area contributed by atoms with Gasteiger partial charge >= 0.3 is 0 Å². The number of aromatic nitrogens is 3. The highest BCUT2D eigenvalue weighted by Crippen LogP contribution is 2.16. The molecule has 0 N–H and O–H groups in total. The van der Waals surface area contributed by atoms with Crippen molar-refractivity contribution < 1.29 is 9.59 Å². The number of carbonyl (C=O) groups is 2. The van der Waals surface area contributed by atoms with Crippen LogP contribution in [0.5, 0.6) is 0 Å². The largest absolute Gasteiger partial charge is 0.341 e. The summed E-state index contributed by atoms with van der Waals surface area (Å²) in [5.41, 5.74) is 1.60. The number of rotatable bonds is 2. The molecule has 132 valence electrons. The summed E-state index contributed by atoms with van der Waals surface area (Å²) in [4.78, 5) is 29.3. The van der Waals surface area contributed by atoms with E-state index in [0.717, 1.165) is 6.42 Å². The Morgan fingerprint density at radius 1 is 1.08 bits per heavy atom. The molecule has 0 atom stereocenters. The molecule has 0 unspecified atom stereocenters. The minimum Gasteiger partial charge on any atom is -0.341 e. The van der Waals surface area contributed by atoms with Crippen molar-refractivity contribution in [3.05, 3.63) is 40.7 Å². The van der Waals surface area contributed by atoms with Crippen LogP contribution < -0.4 is 0 Å². The van der Waals surface area contributed by atoms with E-state index in [2.05, 4.69) is 10.2 Å². The van der Waals surface area contributed by atoms with E-state index in [1.165, 1.54) is 4.80 Å². The van der Waals surface area contributed by atoms with Gasteiger partial charge < -0.3 is 9.80 Å². The molecule has 0 bridgehead atoms. The Kier molecular flexibility index (Phi) is 5.03. The zero-order valence-corrected chi connectivity index (χ0v) is 15.0. The highest BCUT2D eigenvalue weighted by molar-refractivity contribution is 6.30. The molecule has 1 aliphatic heterocycles. The van der Waals surface area contributed by atoms with Crippen LogP contribution in [0.1, 0.15) is 29.5 Å². The smallest absolute Gasteiger partial charge is 0.276 e. The van der Waals surface area contributed by atoms with Crippen molar-refractivity contribution in [2.45, 2.75) is 20.3 Å². The standard InChI is InChI=1S/C17H20ClN5O2/c1-12-16(20-23(19-12)15-6-3-5-14(18)11-15)17(25)22-8-4-7-21(9-10-22)13(2)24/h3,5-6,11H,4,7-10H2,1-2H3. The first-order chi connectivity index (χ1) is 12.0. The Hall–Kier alpha value is -2.41. The van der Waals surface area contributed by atoms with Crippen molar-refractivity contribution >= 4 is 23.4 Å². The fraction of sp³-hybridized carbons (Fsp3) is 0.412. The van der Waals surface area contributed by atoms with E-state index in [1.54, 1.807) is 35.8 Å². The summed E-state index contributed by atoms with van der Waals surface area (Å²) < 4.78 is 0. The van der Waals surface area contributed by atoms with Gasteiger partial charge in [-0.15, -0.1) is 5.10 Å². The Morgan fingerprint density at radius 2 is 1.80 bits per heavy atom. The molecule has 0 aliphatic carbocycles. The maximum atomic E-state index is 12.8. The van der Waals surface area contributed by atoms with Gasteiger partial charge in [0.2, 0.25) is 5.91 Å². The summed E-state index contributed by atoms with van der Waals surface area (Å²) in [7, 11) is 0. The van der Waals surface area contributed by atoms with Crippen LogP contribution >= 0.6 is 11.6 Å². The molecule has 1 saturated heterocycles. The molecule has 0 saturated carbocycles. The molecule has 0 radical (unpaired) electrons. The van der Waals surface area contributed by atoms with Gasteiger partial charge in [0, 0.05) is 38.1 Å². The van der Waals surface area contributed by atoms with Gasteiger partial charge in [0.1, 0.15) is 0 Å². The fourth-order valence-electron chi connectivity index (χ4n) is 2.88. The minimum absolute atomic E-state index is 0.0392. The lowest BCUT2D eigenvalue weighted by Crippen LogP contribution is -2.37. The van der Waals surface area contributed by atoms with E-state index < -0.39 is 0 Å². The lowest BCUT2D eigenvalue weighted by molar-refractivity contribution is -0.128. The molecule has 8 heteroatoms. The zero-order valence-electron chi connectivity index (χ0n) is 14.3. The normalized spacial score (nSPS) is 15.2. The van der Waals surface area contributed by atoms with Gasteiger partial charge in [-0.05, 0) is 31.5 Å². The topological polar surface area (TPSA) is 71.3 Å². The number of hydrogen-bond acceptors (Lipinski definition) is 4. The highest BCUT2D eigenvalue weighted by Gasteiger charge is 2.25. The summed E-state index contributed by atoms with van der Waals surface area (Å²) >= 11 is 6.01. The molecule has 1 aromatic carbocycles. The molecule has 3 rings (SSSR count). The highest BCUT2D eigenvalue weighted by atomic mass is 35.5. The molecule has 1 fully saturated rings. The second kappa shape index (κ2) is 7.23. The van der Waals surface area contributed by atoms with Gasteiger partial charge in [-0.25, -0.2) is 0 Å². The Morgan fingerprint density at radius 3 is 2.52 bits per heavy atom. The molecule has 1 aliphatic rings. The molecule has 1 aromatic heterocycles. The number of amides is 2. The van der Waals surface area contributed by atoms with Crippen LogP contribution in [-0.4, -0.2) is 62.8 Å². The third-order valence-corrected chi connectivity index (χ3v) is 4.49. The Bertz CT molecular complexity index is 804. The van der Waals surface area contributed by atoms with Gasteiger partial charge in [0.15, 0.2) is 5.69 Å². The molecule has 25 heavy (non-hydrogen) atoms. The van der Waals surface area contributed by atoms with E-state index >= 15 is 0 Å². The van der Waals surface area contributed by atoms with Crippen molar-refractivity contribution in [1.29, 1.82) is 0 Å². The van der Waals surface area contributed by atoms with Crippen molar-refractivity contribution in [2.75, 3.05) is 26.2 Å². The summed E-state index contributed by atoms with van der Waals surface area (Å²) in [6.07, 6.45) is 0.757. The predicted molar refractivity (Wildman–Crippen MR) is 93.9 cm³/mol. The van der Waals surface area contributed by atoms with Gasteiger partial charge in [0.05, 0.1) is 11.4 Å². The lowest BCUT2D eigenvalue weighted by atomic mass is 10.3. The summed E-state index contributed by atoms with van der Waals surface area (Å²) in [6, 6.07) is 7.15. The molecule has 2 amide bonds. The van der Waals surface area contributed by atoms with Gasteiger partial charge in [-0.2, -0.15) is 9.90 Å². The van der Waals surface area contributed by atoms with Crippen LogP contribution in [-0.2, 0) is 4.79 Å². The molecule has 7 nitrogen and oxygen atoms in total. The van der Waals surface area contributed by atoms with Crippen LogP contribution in [0.2, 0.25) is 5.02 Å². The Balaban J connectivity index is 1.80. The molecule has 0 spiro atoms. The van der Waals surface area contributed by atoms with Crippen LogP contribution in [0.25, 0.3) is 5.69 Å². The first kappa shape index (κ1) is 17.4. The number of aryl methyl sites for hydroxylation is 1. The van der Waals surface area contributed by atoms with E-state index in [1.807, 2.05) is 12.1 Å². The molecule has 2 aromatic rings. The third-order valence-electron chi connectivity index (χ3n) is 4.25. The maximum Gasteiger partial charge on any atom is 0.276 e. The third kappa shape index (κ3) is 3.82. The second-order valence-corrected chi connectivity index (χ2v) is 6.49. The lowest BCUT2D eigenvalue weighted by Gasteiger charge is -2.20. The van der Waals surface area contributed by atoms with E-state index in [4.69, 9.17) is 11.6 Å². The van der Waals surface area contributed by atoms with Crippen molar-refractivity contribution in [3.63, 3.8) is 0 Å². The number of carbonyl (C=O) groups excluding carboxylic acids is 2. The van der Waals surface area contributed by atoms with E-state index in [-0.39, 0.29) is 11.8 Å². The Labute approximate surface area is 151 Å². The predicted octanol–water partition coefficient (Wildman–Crippen LogP) is 1.92. The number of hydrogen-bond donors (Lipinski definition) is 0. The average Bonchev–Trinajstić information content (AvgIpc) is 2.81. The van der Waals surface area contributed by atoms with Crippen LogP contribution in [0, 0.1) is 6.92 Å². The van der Waals surface area contributed by atoms with Crippen molar-refractivity contribution in [1.82, 2.24) is 24.8 Å². The average molecular weight is 362 g/mol. The number of nitrogens with zero attached hydrogens (tertiary/aromatic N) is 5. The van der Waals surface area contributed by atoms with E-state index in [9.17, 15) is 9.59 Å². The number of benzene rings is 1. The van der Waals surface area contributed by atoms with Gasteiger partial charge in [-0.3, -0.25) is 9.59 Å². The molecular weight excluding hydrogens is 342 g/mol. The molecular formula is C17H20ClN5O2. The number of halogens is 1. The van der Waals surface area contributed by atoms with Crippen LogP contribution in [0.4, 0.5) is 0 Å². The molecule has 2 heterocycles. The quantitative estimate of drug-likeness (QED) is 0.819. The minimum atomic E-state index is -0.156. The van der Waals surface area contributed by atoms with Gasteiger partial charge in [0.25, 0.3) is 5.91 Å². The first-order valence-electron chi connectivity index (χ1n) is 8.20. The second-order valence-electron chi connectivity index (χ2n) is 6.06. The van der Waals surface area contributed by atoms with E-state index in [0.29, 0.717) is 48.3 Å². The van der Waals surface area contributed by atoms with Crippen molar-refractivity contribution in [2.24, 2.45) is 0 Å². The van der Waals surface area contributed by atoms with Gasteiger partial charge in [-0.1, -0.05) is 17.7 Å². The van der Waals surface area contributed by atoms with Crippen molar-refractivity contribution in [3.8, 4) is 5.69 Å². The van der Waals surface area contributed by atoms with Crippen LogP contribution in [0.3, 0.4) is 0 Å². The first-order valence-corrected chi connectivity index (χ1v) is 8.58. The van der Waals surface area contributed by atoms with Crippen LogP contribution in [0.15, 0.2) is 24.3 Å². The fourth-order valence-corrected chi connectivity index (χ4v) is 3.06. The summed E-state index contributed by atoms with van der Waals surface area (Å²) in [5, 5.41) is 9.28. The summed E-state index contributed by atoms with van der Waals surface area (Å²) in [5.74, 6) is -0.117. The SMILES string of the molecule is CC(=O)N1CCCN(C(=O)c2nn(-c3cccc(Cl)c3)nc2C)CC1.